The van der Waals surface area contributed by atoms with Gasteiger partial charge in [0.15, 0.2) is 5.78 Å². The van der Waals surface area contributed by atoms with Crippen LogP contribution in [0.1, 0.15) is 29.3 Å². The van der Waals surface area contributed by atoms with Crippen LogP contribution in [0.25, 0.3) is 0 Å². The predicted octanol–water partition coefficient (Wildman–Crippen LogP) is 3.35. The molecule has 0 aromatic heterocycles. The fourth-order valence-corrected chi connectivity index (χ4v) is 2.30. The van der Waals surface area contributed by atoms with Crippen molar-refractivity contribution in [2.75, 3.05) is 5.32 Å². The van der Waals surface area contributed by atoms with Gasteiger partial charge in [0.1, 0.15) is 0 Å². The largest absolute Gasteiger partial charge is 0.324 e. The monoisotopic (exact) mass is 278 g/mol. The molecule has 0 saturated heterocycles. The fraction of sp³-hybridized carbons (Fsp3) is 0.118. The molecule has 0 aliphatic carbocycles. The van der Waals surface area contributed by atoms with E-state index in [4.69, 9.17) is 0 Å². The highest BCUT2D eigenvalue weighted by molar-refractivity contribution is 6.12. The van der Waals surface area contributed by atoms with Crippen LogP contribution in [0.2, 0.25) is 0 Å². The van der Waals surface area contributed by atoms with Crippen molar-refractivity contribution in [3.63, 3.8) is 0 Å². The van der Waals surface area contributed by atoms with Crippen molar-refractivity contribution >= 4 is 28.8 Å². The van der Waals surface area contributed by atoms with E-state index >= 15 is 0 Å². The van der Waals surface area contributed by atoms with E-state index < -0.39 is 0 Å². The van der Waals surface area contributed by atoms with Gasteiger partial charge in [-0.15, -0.1) is 0 Å². The third-order valence-corrected chi connectivity index (χ3v) is 3.30. The van der Waals surface area contributed by atoms with E-state index in [0.717, 1.165) is 5.71 Å². The van der Waals surface area contributed by atoms with Crippen molar-refractivity contribution in [3.05, 3.63) is 59.7 Å². The zero-order valence-corrected chi connectivity index (χ0v) is 11.6. The molecule has 4 heteroatoms. The summed E-state index contributed by atoms with van der Waals surface area (Å²) in [6.45, 7) is 1.81. The van der Waals surface area contributed by atoms with Crippen LogP contribution in [-0.2, 0) is 4.79 Å². The second-order valence-corrected chi connectivity index (χ2v) is 5.00. The minimum Gasteiger partial charge on any atom is -0.324 e. The number of hydrogen-bond donors (Lipinski definition) is 1. The van der Waals surface area contributed by atoms with E-state index in [0.29, 0.717) is 22.5 Å². The number of anilines is 1. The minimum absolute atomic E-state index is 0.0539. The molecule has 21 heavy (non-hydrogen) atoms. The number of nitrogens with zero attached hydrogens (tertiary/aromatic N) is 1. The smallest absolute Gasteiger partial charge is 0.230 e. The molecule has 0 bridgehead atoms. The molecular weight excluding hydrogens is 264 g/mol. The van der Waals surface area contributed by atoms with Crippen molar-refractivity contribution in [1.82, 2.24) is 0 Å². The highest BCUT2D eigenvalue weighted by atomic mass is 16.1. The summed E-state index contributed by atoms with van der Waals surface area (Å²) in [5.74, 6) is -0.140. The molecule has 0 radical (unpaired) electrons. The topological polar surface area (TPSA) is 58.5 Å². The van der Waals surface area contributed by atoms with Crippen LogP contribution in [0.4, 0.5) is 11.4 Å². The Morgan fingerprint density at radius 3 is 2.62 bits per heavy atom. The first-order valence-corrected chi connectivity index (χ1v) is 6.71. The lowest BCUT2D eigenvalue weighted by Crippen LogP contribution is -2.12. The average Bonchev–Trinajstić information content (AvgIpc) is 2.63. The quantitative estimate of drug-likeness (QED) is 0.856. The Hall–Kier alpha value is -2.75. The van der Waals surface area contributed by atoms with Crippen molar-refractivity contribution in [3.8, 4) is 0 Å². The molecule has 1 aliphatic heterocycles. The molecule has 1 N–H and O–H groups in total. The molecule has 4 nitrogen and oxygen atoms in total. The van der Waals surface area contributed by atoms with E-state index in [2.05, 4.69) is 10.3 Å². The highest BCUT2D eigenvalue weighted by Crippen LogP contribution is 2.29. The number of nitrogens with one attached hydrogen (secondary N) is 1. The first-order chi connectivity index (χ1) is 10.1. The highest BCUT2D eigenvalue weighted by Gasteiger charge is 2.16. The normalized spacial score (nSPS) is 13.8. The van der Waals surface area contributed by atoms with E-state index in [-0.39, 0.29) is 18.1 Å². The number of fused-ring (bicyclic) bond motifs is 1. The molecule has 3 rings (SSSR count). The zero-order valence-electron chi connectivity index (χ0n) is 11.6. The Morgan fingerprint density at radius 1 is 1.10 bits per heavy atom. The van der Waals surface area contributed by atoms with Crippen molar-refractivity contribution in [2.45, 2.75) is 13.3 Å². The van der Waals surface area contributed by atoms with Crippen LogP contribution in [-0.4, -0.2) is 17.4 Å². The number of rotatable bonds is 2. The Morgan fingerprint density at radius 2 is 1.86 bits per heavy atom. The molecule has 2 aromatic rings. The minimum atomic E-state index is -0.0860. The number of carbonyl (C=O) groups is 2. The first-order valence-electron chi connectivity index (χ1n) is 6.71. The van der Waals surface area contributed by atoms with Crippen molar-refractivity contribution in [2.24, 2.45) is 4.99 Å². The molecule has 0 spiro atoms. The van der Waals surface area contributed by atoms with Gasteiger partial charge in [0.2, 0.25) is 5.91 Å². The van der Waals surface area contributed by atoms with Gasteiger partial charge in [-0.2, -0.15) is 0 Å². The van der Waals surface area contributed by atoms with Crippen molar-refractivity contribution in [1.29, 1.82) is 0 Å². The summed E-state index contributed by atoms with van der Waals surface area (Å²) in [4.78, 5) is 28.5. The third-order valence-electron chi connectivity index (χ3n) is 3.30. The van der Waals surface area contributed by atoms with Crippen LogP contribution in [0.3, 0.4) is 0 Å². The van der Waals surface area contributed by atoms with Crippen molar-refractivity contribution < 1.29 is 9.59 Å². The predicted molar refractivity (Wildman–Crippen MR) is 82.3 cm³/mol. The van der Waals surface area contributed by atoms with Gasteiger partial charge in [-0.3, -0.25) is 14.6 Å². The number of aliphatic imine (C=N–C) groups is 1. The molecule has 0 atom stereocenters. The molecule has 0 unspecified atom stereocenters. The van der Waals surface area contributed by atoms with Crippen LogP contribution < -0.4 is 5.32 Å². The second kappa shape index (κ2) is 5.32. The molecule has 2 aromatic carbocycles. The van der Waals surface area contributed by atoms with Crippen LogP contribution in [0, 0.1) is 0 Å². The lowest BCUT2D eigenvalue weighted by molar-refractivity contribution is -0.115. The van der Waals surface area contributed by atoms with Gasteiger partial charge in [-0.25, -0.2) is 0 Å². The number of hydrogen-bond acceptors (Lipinski definition) is 3. The summed E-state index contributed by atoms with van der Waals surface area (Å²) in [6.07, 6.45) is 0.274. The summed E-state index contributed by atoms with van der Waals surface area (Å²) in [6, 6.07) is 14.3. The van der Waals surface area contributed by atoms with Crippen LogP contribution in [0.15, 0.2) is 53.5 Å². The summed E-state index contributed by atoms with van der Waals surface area (Å²) >= 11 is 0. The molecule has 0 fully saturated rings. The maximum absolute atomic E-state index is 12.4. The van der Waals surface area contributed by atoms with Gasteiger partial charge in [0.05, 0.1) is 17.8 Å². The third kappa shape index (κ3) is 2.74. The van der Waals surface area contributed by atoms with Gasteiger partial charge in [-0.1, -0.05) is 30.3 Å². The maximum Gasteiger partial charge on any atom is 0.230 e. The average molecular weight is 278 g/mol. The zero-order chi connectivity index (χ0) is 14.8. The molecular formula is C17H14N2O2. The number of amides is 1. The molecule has 1 aliphatic rings. The lowest BCUT2D eigenvalue weighted by Gasteiger charge is -2.07. The summed E-state index contributed by atoms with van der Waals surface area (Å²) in [5, 5.41) is 2.79. The van der Waals surface area contributed by atoms with E-state index in [9.17, 15) is 9.59 Å². The molecule has 1 amide bonds. The fourth-order valence-electron chi connectivity index (χ4n) is 2.30. The number of benzene rings is 2. The first kappa shape index (κ1) is 13.2. The van der Waals surface area contributed by atoms with Gasteiger partial charge in [0, 0.05) is 16.8 Å². The Kier molecular flexibility index (Phi) is 3.36. The van der Waals surface area contributed by atoms with Gasteiger partial charge < -0.3 is 5.32 Å². The summed E-state index contributed by atoms with van der Waals surface area (Å²) in [5.41, 5.74) is 3.20. The Labute approximate surface area is 122 Å². The van der Waals surface area contributed by atoms with E-state index in [1.165, 1.54) is 0 Å². The lowest BCUT2D eigenvalue weighted by atomic mass is 10.0. The van der Waals surface area contributed by atoms with Gasteiger partial charge in [-0.05, 0) is 25.1 Å². The van der Waals surface area contributed by atoms with Gasteiger partial charge in [0.25, 0.3) is 0 Å². The maximum atomic E-state index is 12.4. The summed E-state index contributed by atoms with van der Waals surface area (Å²) < 4.78 is 0. The van der Waals surface area contributed by atoms with E-state index in [1.54, 1.807) is 37.3 Å². The van der Waals surface area contributed by atoms with Crippen LogP contribution in [0.5, 0.6) is 0 Å². The SMILES string of the molecule is CC1=Nc2cc(C(=O)c3ccccc3)ccc2NC(=O)C1. The molecule has 104 valence electrons. The number of carbonyl (C=O) groups excluding carboxylic acids is 2. The molecule has 1 heterocycles. The molecule has 0 saturated carbocycles. The summed E-state index contributed by atoms with van der Waals surface area (Å²) in [7, 11) is 0. The van der Waals surface area contributed by atoms with E-state index in [1.807, 2.05) is 18.2 Å². The van der Waals surface area contributed by atoms with Gasteiger partial charge >= 0.3 is 0 Å². The Bertz CT molecular complexity index is 749. The number of ketones is 1. The standard InChI is InChI=1S/C17H14N2O2/c1-11-9-16(20)19-14-8-7-13(10-15(14)18-11)17(21)12-5-3-2-4-6-12/h2-8,10H,9H2,1H3,(H,19,20). The Balaban J connectivity index is 2.02. The van der Waals surface area contributed by atoms with Crippen LogP contribution >= 0.6 is 0 Å². The second-order valence-electron chi connectivity index (χ2n) is 5.00.